The number of benzene rings is 2. The van der Waals surface area contributed by atoms with Crippen LogP contribution in [0.3, 0.4) is 0 Å². The van der Waals surface area contributed by atoms with Crippen LogP contribution in [0.2, 0.25) is 5.02 Å². The molecule has 0 radical (unpaired) electrons. The maximum Gasteiger partial charge on any atom is 0.146 e. The monoisotopic (exact) mass is 341 g/mol. The molecule has 0 unspecified atom stereocenters. The maximum absolute atomic E-state index is 6.13. The number of rotatable bonds is 4. The third kappa shape index (κ3) is 3.55. The molecule has 0 aliphatic rings. The van der Waals surface area contributed by atoms with E-state index in [1.165, 1.54) is 0 Å². The van der Waals surface area contributed by atoms with E-state index in [1.54, 1.807) is 25.3 Å². The first-order valence-electron chi connectivity index (χ1n) is 5.60. The first-order valence-corrected chi connectivity index (χ1v) is 6.77. The first kappa shape index (κ1) is 14.0. The van der Waals surface area contributed by atoms with Gasteiger partial charge in [-0.3, -0.25) is 0 Å². The summed E-state index contributed by atoms with van der Waals surface area (Å²) in [5, 5.41) is 0.649. The Labute approximate surface area is 125 Å². The van der Waals surface area contributed by atoms with Gasteiger partial charge < -0.3 is 15.2 Å². The quantitative estimate of drug-likeness (QED) is 0.844. The molecule has 2 rings (SSSR count). The second-order valence-electron chi connectivity index (χ2n) is 3.93. The molecule has 0 aliphatic carbocycles. The van der Waals surface area contributed by atoms with E-state index < -0.39 is 0 Å². The Morgan fingerprint density at radius 2 is 2.00 bits per heavy atom. The van der Waals surface area contributed by atoms with Crippen LogP contribution in [0.25, 0.3) is 0 Å². The molecule has 100 valence electrons. The second kappa shape index (κ2) is 6.17. The minimum Gasteiger partial charge on any atom is -0.497 e. The standard InChI is InChI=1S/C14H13BrClNO2/c1-18-11-4-5-13(17)14(7-11)19-8-9-2-3-10(15)6-12(9)16/h2-7H,8,17H2,1H3. The normalized spacial score (nSPS) is 10.3. The minimum atomic E-state index is 0.351. The van der Waals surface area contributed by atoms with Crippen molar-refractivity contribution in [2.24, 2.45) is 0 Å². The van der Waals surface area contributed by atoms with Crippen molar-refractivity contribution in [3.05, 3.63) is 51.5 Å². The Bertz CT molecular complexity index is 590. The van der Waals surface area contributed by atoms with E-state index in [1.807, 2.05) is 18.2 Å². The van der Waals surface area contributed by atoms with Gasteiger partial charge in [-0.2, -0.15) is 0 Å². The smallest absolute Gasteiger partial charge is 0.146 e. The molecule has 19 heavy (non-hydrogen) atoms. The van der Waals surface area contributed by atoms with Gasteiger partial charge in [-0.1, -0.05) is 33.6 Å². The highest BCUT2D eigenvalue weighted by Crippen LogP contribution is 2.29. The Hall–Kier alpha value is -1.39. The lowest BCUT2D eigenvalue weighted by molar-refractivity contribution is 0.305. The van der Waals surface area contributed by atoms with Gasteiger partial charge in [-0.25, -0.2) is 0 Å². The van der Waals surface area contributed by atoms with Gasteiger partial charge in [-0.15, -0.1) is 0 Å². The van der Waals surface area contributed by atoms with Crippen LogP contribution in [0, 0.1) is 0 Å². The lowest BCUT2D eigenvalue weighted by atomic mass is 10.2. The van der Waals surface area contributed by atoms with Gasteiger partial charge in [0, 0.05) is 21.1 Å². The van der Waals surface area contributed by atoms with Gasteiger partial charge in [0.05, 0.1) is 12.8 Å². The highest BCUT2D eigenvalue weighted by Gasteiger charge is 2.06. The lowest BCUT2D eigenvalue weighted by Gasteiger charge is -2.11. The topological polar surface area (TPSA) is 44.5 Å². The molecule has 3 nitrogen and oxygen atoms in total. The van der Waals surface area contributed by atoms with E-state index in [0.717, 1.165) is 10.0 Å². The van der Waals surface area contributed by atoms with Gasteiger partial charge >= 0.3 is 0 Å². The molecule has 0 heterocycles. The molecular formula is C14H13BrClNO2. The fraction of sp³-hybridized carbons (Fsp3) is 0.143. The van der Waals surface area contributed by atoms with Crippen LogP contribution in [0.15, 0.2) is 40.9 Å². The number of methoxy groups -OCH3 is 1. The zero-order valence-electron chi connectivity index (χ0n) is 10.3. The molecule has 2 N–H and O–H groups in total. The van der Waals surface area contributed by atoms with E-state index >= 15 is 0 Å². The number of nitrogens with two attached hydrogens (primary N) is 1. The average Bonchev–Trinajstić information content (AvgIpc) is 2.39. The van der Waals surface area contributed by atoms with E-state index in [9.17, 15) is 0 Å². The summed E-state index contributed by atoms with van der Waals surface area (Å²) in [6, 6.07) is 10.9. The summed E-state index contributed by atoms with van der Waals surface area (Å²) < 4.78 is 11.7. The highest BCUT2D eigenvalue weighted by molar-refractivity contribution is 9.10. The number of hydrogen-bond donors (Lipinski definition) is 1. The van der Waals surface area contributed by atoms with Crippen molar-refractivity contribution in [2.75, 3.05) is 12.8 Å². The second-order valence-corrected chi connectivity index (χ2v) is 5.25. The van der Waals surface area contributed by atoms with E-state index in [4.69, 9.17) is 26.8 Å². The summed E-state index contributed by atoms with van der Waals surface area (Å²) in [5.41, 5.74) is 7.31. The van der Waals surface area contributed by atoms with Gasteiger partial charge in [0.15, 0.2) is 0 Å². The minimum absolute atomic E-state index is 0.351. The molecule has 0 aromatic heterocycles. The van der Waals surface area contributed by atoms with Crippen molar-refractivity contribution in [2.45, 2.75) is 6.61 Å². The predicted octanol–water partition coefficient (Wildman–Crippen LogP) is 4.27. The predicted molar refractivity (Wildman–Crippen MR) is 80.9 cm³/mol. The number of anilines is 1. The molecular weight excluding hydrogens is 330 g/mol. The SMILES string of the molecule is COc1ccc(N)c(OCc2ccc(Br)cc2Cl)c1. The van der Waals surface area contributed by atoms with E-state index in [-0.39, 0.29) is 0 Å². The van der Waals surface area contributed by atoms with E-state index in [0.29, 0.717) is 28.8 Å². The summed E-state index contributed by atoms with van der Waals surface area (Å²) in [7, 11) is 1.60. The third-order valence-electron chi connectivity index (χ3n) is 2.62. The summed E-state index contributed by atoms with van der Waals surface area (Å²) in [4.78, 5) is 0. The lowest BCUT2D eigenvalue weighted by Crippen LogP contribution is -2.00. The first-order chi connectivity index (χ1) is 9.10. The Morgan fingerprint density at radius 3 is 2.68 bits per heavy atom. The third-order valence-corrected chi connectivity index (χ3v) is 3.46. The van der Waals surface area contributed by atoms with Crippen LogP contribution in [0.1, 0.15) is 5.56 Å². The average molecular weight is 343 g/mol. The number of halogens is 2. The Morgan fingerprint density at radius 1 is 1.21 bits per heavy atom. The summed E-state index contributed by atoms with van der Waals surface area (Å²) >= 11 is 9.49. The number of ether oxygens (including phenoxy) is 2. The summed E-state index contributed by atoms with van der Waals surface area (Å²) in [6.07, 6.45) is 0. The molecule has 0 bridgehead atoms. The zero-order valence-corrected chi connectivity index (χ0v) is 12.7. The van der Waals surface area contributed by atoms with Crippen molar-refractivity contribution in [3.63, 3.8) is 0 Å². The molecule has 2 aromatic rings. The molecule has 0 atom stereocenters. The number of hydrogen-bond acceptors (Lipinski definition) is 3. The molecule has 5 heteroatoms. The van der Waals surface area contributed by atoms with Crippen molar-refractivity contribution < 1.29 is 9.47 Å². The number of nitrogen functional groups attached to an aromatic ring is 1. The van der Waals surface area contributed by atoms with Crippen molar-refractivity contribution in [1.29, 1.82) is 0 Å². The maximum atomic E-state index is 6.13. The fourth-order valence-corrected chi connectivity index (χ4v) is 2.29. The Kier molecular flexibility index (Phi) is 4.56. The largest absolute Gasteiger partial charge is 0.497 e. The molecule has 0 saturated heterocycles. The fourth-order valence-electron chi connectivity index (χ4n) is 1.56. The zero-order chi connectivity index (χ0) is 13.8. The summed E-state index contributed by atoms with van der Waals surface area (Å²) in [6.45, 7) is 0.351. The molecule has 2 aromatic carbocycles. The Balaban J connectivity index is 2.14. The molecule has 0 spiro atoms. The van der Waals surface area contributed by atoms with Crippen LogP contribution < -0.4 is 15.2 Å². The van der Waals surface area contributed by atoms with Crippen LogP contribution in [-0.4, -0.2) is 7.11 Å². The van der Waals surface area contributed by atoms with Gasteiger partial charge in [0.25, 0.3) is 0 Å². The van der Waals surface area contributed by atoms with Gasteiger partial charge in [-0.05, 0) is 24.3 Å². The van der Waals surface area contributed by atoms with E-state index in [2.05, 4.69) is 15.9 Å². The molecule has 0 saturated carbocycles. The van der Waals surface area contributed by atoms with Crippen LogP contribution in [0.4, 0.5) is 5.69 Å². The van der Waals surface area contributed by atoms with Crippen molar-refractivity contribution in [1.82, 2.24) is 0 Å². The van der Waals surface area contributed by atoms with Gasteiger partial charge in [0.1, 0.15) is 18.1 Å². The highest BCUT2D eigenvalue weighted by atomic mass is 79.9. The molecule has 0 amide bonds. The van der Waals surface area contributed by atoms with Crippen molar-refractivity contribution >= 4 is 33.2 Å². The van der Waals surface area contributed by atoms with Crippen LogP contribution in [0.5, 0.6) is 11.5 Å². The van der Waals surface area contributed by atoms with Crippen LogP contribution in [-0.2, 0) is 6.61 Å². The summed E-state index contributed by atoms with van der Waals surface area (Å²) in [5.74, 6) is 1.28. The van der Waals surface area contributed by atoms with Gasteiger partial charge in [0.2, 0.25) is 0 Å². The molecule has 0 fully saturated rings. The van der Waals surface area contributed by atoms with Crippen molar-refractivity contribution in [3.8, 4) is 11.5 Å². The molecule has 0 aliphatic heterocycles. The van der Waals surface area contributed by atoms with Crippen LogP contribution >= 0.6 is 27.5 Å².